The van der Waals surface area contributed by atoms with Crippen LogP contribution in [0.15, 0.2) is 24.3 Å². The van der Waals surface area contributed by atoms with Gasteiger partial charge in [0.1, 0.15) is 4.99 Å². The van der Waals surface area contributed by atoms with Gasteiger partial charge < -0.3 is 20.5 Å². The fourth-order valence-electron chi connectivity index (χ4n) is 1.78. The Bertz CT molecular complexity index is 473. The fraction of sp³-hybridized carbons (Fsp3) is 0.385. The van der Waals surface area contributed by atoms with Gasteiger partial charge in [0.2, 0.25) is 0 Å². The molecule has 0 aromatic heterocycles. The number of thiocarbonyl (C=S) groups is 1. The largest absolute Gasteiger partial charge is 0.389 e. The first-order valence-corrected chi connectivity index (χ1v) is 6.43. The summed E-state index contributed by atoms with van der Waals surface area (Å²) in [6.07, 6.45) is -0.521. The maximum atomic E-state index is 11.8. The summed E-state index contributed by atoms with van der Waals surface area (Å²) in [5.41, 5.74) is 7.29. The molecule has 0 spiro atoms. The van der Waals surface area contributed by atoms with Gasteiger partial charge >= 0.3 is 0 Å². The Morgan fingerprint density at radius 2 is 2.32 bits per heavy atom. The van der Waals surface area contributed by atoms with Crippen LogP contribution in [0.5, 0.6) is 0 Å². The number of carbonyl (C=O) groups is 1. The minimum Gasteiger partial charge on any atom is -0.389 e. The zero-order valence-electron chi connectivity index (χ0n) is 10.4. The highest BCUT2D eigenvalue weighted by molar-refractivity contribution is 7.80. The first-order chi connectivity index (χ1) is 9.16. The average molecular weight is 280 g/mol. The van der Waals surface area contributed by atoms with Crippen molar-refractivity contribution in [3.05, 3.63) is 35.4 Å². The molecule has 19 heavy (non-hydrogen) atoms. The van der Waals surface area contributed by atoms with E-state index in [-0.39, 0.29) is 5.91 Å². The van der Waals surface area contributed by atoms with Crippen LogP contribution in [0.25, 0.3) is 0 Å². The number of nitrogens with two attached hydrogens (primary N) is 1. The molecule has 3 N–H and O–H groups in total. The van der Waals surface area contributed by atoms with Gasteiger partial charge in [-0.2, -0.15) is 0 Å². The Hall–Kier alpha value is -1.50. The van der Waals surface area contributed by atoms with E-state index in [0.717, 1.165) is 11.1 Å². The molecule has 1 aliphatic rings. The first kappa shape index (κ1) is 13.9. The molecule has 2 rings (SSSR count). The maximum Gasteiger partial charge on any atom is 0.251 e. The predicted molar refractivity (Wildman–Crippen MR) is 74.7 cm³/mol. The number of benzene rings is 1. The lowest BCUT2D eigenvalue weighted by molar-refractivity contribution is -0.147. The summed E-state index contributed by atoms with van der Waals surface area (Å²) in [6.45, 7) is 1.71. The minimum atomic E-state index is -0.521. The zero-order valence-corrected chi connectivity index (χ0v) is 11.2. The van der Waals surface area contributed by atoms with Gasteiger partial charge in [0.25, 0.3) is 5.91 Å². The Morgan fingerprint density at radius 3 is 3.00 bits per heavy atom. The second kappa shape index (κ2) is 6.60. The van der Waals surface area contributed by atoms with Gasteiger partial charge in [-0.05, 0) is 11.6 Å². The van der Waals surface area contributed by atoms with E-state index in [9.17, 15) is 4.79 Å². The fourth-order valence-corrected chi connectivity index (χ4v) is 1.90. The number of hydrogen-bond donors (Lipinski definition) is 2. The lowest BCUT2D eigenvalue weighted by Crippen LogP contribution is -2.42. The topological polar surface area (TPSA) is 73.6 Å². The van der Waals surface area contributed by atoms with Crippen molar-refractivity contribution in [2.45, 2.75) is 12.6 Å². The van der Waals surface area contributed by atoms with E-state index in [2.05, 4.69) is 5.32 Å². The van der Waals surface area contributed by atoms with Crippen LogP contribution in [0.4, 0.5) is 0 Å². The normalized spacial score (nSPS) is 18.8. The monoisotopic (exact) mass is 280 g/mol. The van der Waals surface area contributed by atoms with Gasteiger partial charge in [-0.1, -0.05) is 30.4 Å². The van der Waals surface area contributed by atoms with Crippen molar-refractivity contribution in [2.24, 2.45) is 5.73 Å². The summed E-state index contributed by atoms with van der Waals surface area (Å²) in [7, 11) is 0. The molecule has 1 atom stereocenters. The van der Waals surface area contributed by atoms with Gasteiger partial charge in [-0.3, -0.25) is 4.79 Å². The molecule has 102 valence electrons. The Balaban J connectivity index is 1.89. The van der Waals surface area contributed by atoms with Crippen molar-refractivity contribution in [3.8, 4) is 0 Å². The highest BCUT2D eigenvalue weighted by Gasteiger charge is 2.22. The molecular formula is C13H16N2O3S. The quantitative estimate of drug-likeness (QED) is 0.779. The highest BCUT2D eigenvalue weighted by Crippen LogP contribution is 2.06. The average Bonchev–Trinajstić information content (AvgIpc) is 2.46. The first-order valence-electron chi connectivity index (χ1n) is 6.02. The maximum absolute atomic E-state index is 11.8. The number of carbonyl (C=O) groups excluding carboxylic acids is 1. The molecule has 5 nitrogen and oxygen atoms in total. The van der Waals surface area contributed by atoms with Crippen molar-refractivity contribution in [1.29, 1.82) is 0 Å². The van der Waals surface area contributed by atoms with Crippen molar-refractivity contribution >= 4 is 23.1 Å². The van der Waals surface area contributed by atoms with Gasteiger partial charge in [0.05, 0.1) is 19.8 Å². The summed E-state index contributed by atoms with van der Waals surface area (Å²) >= 11 is 4.91. The third-order valence-electron chi connectivity index (χ3n) is 2.79. The van der Waals surface area contributed by atoms with Crippen LogP contribution in [0.2, 0.25) is 0 Å². The van der Waals surface area contributed by atoms with Crippen LogP contribution >= 0.6 is 12.2 Å². The molecule has 1 aromatic carbocycles. The number of rotatable bonds is 4. The van der Waals surface area contributed by atoms with Gasteiger partial charge in [0.15, 0.2) is 6.10 Å². The number of hydrogen-bond acceptors (Lipinski definition) is 4. The van der Waals surface area contributed by atoms with E-state index in [1.54, 1.807) is 0 Å². The van der Waals surface area contributed by atoms with Crippen LogP contribution in [0.1, 0.15) is 11.1 Å². The summed E-state index contributed by atoms with van der Waals surface area (Å²) in [5.74, 6) is -0.166. The van der Waals surface area contributed by atoms with Crippen LogP contribution in [0.3, 0.4) is 0 Å². The predicted octanol–water partition coefficient (Wildman–Crippen LogP) is 0.352. The molecule has 1 heterocycles. The minimum absolute atomic E-state index is 0.166. The van der Waals surface area contributed by atoms with Crippen LogP contribution < -0.4 is 11.1 Å². The lowest BCUT2D eigenvalue weighted by Gasteiger charge is -2.22. The standard InChI is InChI=1S/C13H16N2O3S/c14-12(19)10-3-1-2-9(6-10)7-15-13(16)11-8-17-4-5-18-11/h1-3,6,11H,4-5,7-8H2,(H2,14,19)(H,15,16). The molecule has 0 bridgehead atoms. The second-order valence-corrected chi connectivity index (χ2v) is 4.66. The van der Waals surface area contributed by atoms with E-state index in [1.807, 2.05) is 24.3 Å². The van der Waals surface area contributed by atoms with Crippen LogP contribution in [-0.4, -0.2) is 36.8 Å². The highest BCUT2D eigenvalue weighted by atomic mass is 32.1. The third-order valence-corrected chi connectivity index (χ3v) is 3.02. The SMILES string of the molecule is NC(=S)c1cccc(CNC(=O)C2COCCO2)c1. The number of amides is 1. The van der Waals surface area contributed by atoms with Crippen LogP contribution in [0, 0.1) is 0 Å². The molecule has 1 unspecified atom stereocenters. The van der Waals surface area contributed by atoms with Crippen molar-refractivity contribution in [3.63, 3.8) is 0 Å². The van der Waals surface area contributed by atoms with E-state index in [1.165, 1.54) is 0 Å². The Labute approximate surface area is 117 Å². The van der Waals surface area contributed by atoms with E-state index in [4.69, 9.17) is 27.4 Å². The summed E-state index contributed by atoms with van der Waals surface area (Å²) < 4.78 is 10.5. The second-order valence-electron chi connectivity index (χ2n) is 4.22. The molecule has 1 saturated heterocycles. The Morgan fingerprint density at radius 1 is 1.47 bits per heavy atom. The van der Waals surface area contributed by atoms with Crippen molar-refractivity contribution in [2.75, 3.05) is 19.8 Å². The molecule has 0 radical (unpaired) electrons. The van der Waals surface area contributed by atoms with Crippen molar-refractivity contribution in [1.82, 2.24) is 5.32 Å². The summed E-state index contributed by atoms with van der Waals surface area (Å²) in [4.78, 5) is 12.2. The van der Waals surface area contributed by atoms with E-state index >= 15 is 0 Å². The van der Waals surface area contributed by atoms with Gasteiger partial charge in [-0.15, -0.1) is 0 Å². The van der Waals surface area contributed by atoms with Crippen LogP contribution in [-0.2, 0) is 20.8 Å². The van der Waals surface area contributed by atoms with Gasteiger partial charge in [0, 0.05) is 12.1 Å². The third kappa shape index (κ3) is 3.99. The van der Waals surface area contributed by atoms with Gasteiger partial charge in [-0.25, -0.2) is 0 Å². The molecule has 1 fully saturated rings. The molecular weight excluding hydrogens is 264 g/mol. The summed E-state index contributed by atoms with van der Waals surface area (Å²) in [6, 6.07) is 7.46. The molecule has 6 heteroatoms. The lowest BCUT2D eigenvalue weighted by atomic mass is 10.1. The Kier molecular flexibility index (Phi) is 4.84. The van der Waals surface area contributed by atoms with E-state index < -0.39 is 6.10 Å². The number of nitrogens with one attached hydrogen (secondary N) is 1. The molecule has 0 saturated carbocycles. The summed E-state index contributed by atoms with van der Waals surface area (Å²) in [5, 5.41) is 2.81. The molecule has 1 aliphatic heterocycles. The van der Waals surface area contributed by atoms with Crippen molar-refractivity contribution < 1.29 is 14.3 Å². The molecule has 0 aliphatic carbocycles. The van der Waals surface area contributed by atoms with E-state index in [0.29, 0.717) is 31.4 Å². The number of ether oxygens (including phenoxy) is 2. The smallest absolute Gasteiger partial charge is 0.251 e. The molecule has 1 amide bonds. The molecule has 1 aromatic rings. The zero-order chi connectivity index (χ0) is 13.7.